The number of halogens is 1. The number of nitrogen functional groups attached to an aromatic ring is 1. The molecule has 5 N–H and O–H groups in total. The third kappa shape index (κ3) is 20.6. The molecule has 0 bridgehead atoms. The van der Waals surface area contributed by atoms with Gasteiger partial charge in [-0.3, -0.25) is 9.11 Å². The Balaban J connectivity index is 0.000000244. The summed E-state index contributed by atoms with van der Waals surface area (Å²) in [5.41, 5.74) is 17.5. The number of imidazole rings is 1. The molecule has 0 aliphatic carbocycles. The van der Waals surface area contributed by atoms with Crippen LogP contribution in [0.5, 0.6) is 0 Å². The van der Waals surface area contributed by atoms with Crippen LogP contribution in [0.15, 0.2) is 194 Å². The molecule has 3 heterocycles. The van der Waals surface area contributed by atoms with E-state index >= 15 is 0 Å². The maximum Gasteiger partial charge on any atom is 0.394 e. The Kier molecular flexibility index (Phi) is 26.6. The van der Waals surface area contributed by atoms with E-state index in [1.807, 2.05) is 43.3 Å². The van der Waals surface area contributed by atoms with Gasteiger partial charge in [0.25, 0.3) is 0 Å². The SMILES string of the molecule is C/C=C/Cc1nc2c(N(Cc3ccccc3)Cc3ccccc3)nc3ccccc3c2n1CC(C)C.CC(C)CNc1c(N)c(N(Cc2ccccc2)Cc2ccccc2)nc2ccccc12.CC=CC#CN(CC)CC.Cl.O=S(=O)(O)O. The number of nitrogens with zero attached hydrogens (tertiary/aromatic N) is 7. The molecular formula is C68H82ClN9O4S. The first-order chi connectivity index (χ1) is 39.6. The summed E-state index contributed by atoms with van der Waals surface area (Å²) in [7, 11) is -4.67. The average Bonchev–Trinajstić information content (AvgIpc) is 4.11. The van der Waals surface area contributed by atoms with Crippen molar-refractivity contribution in [2.45, 2.75) is 94.5 Å². The summed E-state index contributed by atoms with van der Waals surface area (Å²) in [6.45, 7) is 24.0. The van der Waals surface area contributed by atoms with Gasteiger partial charge in [0.15, 0.2) is 11.6 Å². The molecule has 0 unspecified atom stereocenters. The second kappa shape index (κ2) is 33.7. The first-order valence-electron chi connectivity index (χ1n) is 28.1. The van der Waals surface area contributed by atoms with Crippen LogP contribution in [0.4, 0.5) is 23.0 Å². The van der Waals surface area contributed by atoms with Crippen molar-refractivity contribution >= 4 is 78.7 Å². The number of para-hydroxylation sites is 2. The molecular weight excluding hydrogens is 1070 g/mol. The van der Waals surface area contributed by atoms with Gasteiger partial charge in [0.2, 0.25) is 0 Å². The molecule has 83 heavy (non-hydrogen) atoms. The van der Waals surface area contributed by atoms with Crippen LogP contribution >= 0.6 is 12.4 Å². The Morgan fingerprint density at radius 1 is 0.602 bits per heavy atom. The number of fused-ring (bicyclic) bond motifs is 4. The fourth-order valence-corrected chi connectivity index (χ4v) is 9.20. The molecule has 0 saturated carbocycles. The number of anilines is 4. The van der Waals surface area contributed by atoms with Crippen molar-refractivity contribution in [3.05, 3.63) is 222 Å². The summed E-state index contributed by atoms with van der Waals surface area (Å²) in [5.74, 6) is 6.81. The maximum absolute atomic E-state index is 8.74. The highest BCUT2D eigenvalue weighted by atomic mass is 35.5. The number of nitrogens with two attached hydrogens (primary N) is 1. The molecule has 9 rings (SSSR count). The molecule has 0 aliphatic heterocycles. The Morgan fingerprint density at radius 2 is 1.02 bits per heavy atom. The van der Waals surface area contributed by atoms with Gasteiger partial charge in [0.05, 0.1) is 27.9 Å². The van der Waals surface area contributed by atoms with E-state index in [1.165, 1.54) is 27.8 Å². The Morgan fingerprint density at radius 3 is 1.46 bits per heavy atom. The zero-order valence-corrected chi connectivity index (χ0v) is 50.9. The number of nitrogens with one attached hydrogen (secondary N) is 1. The van der Waals surface area contributed by atoms with Crippen molar-refractivity contribution in [1.82, 2.24) is 24.4 Å². The topological polar surface area (TPSA) is 166 Å². The third-order valence-electron chi connectivity index (χ3n) is 13.0. The van der Waals surface area contributed by atoms with Crippen molar-refractivity contribution in [2.24, 2.45) is 11.8 Å². The molecule has 0 spiro atoms. The maximum atomic E-state index is 8.74. The van der Waals surface area contributed by atoms with Crippen molar-refractivity contribution in [1.29, 1.82) is 0 Å². The van der Waals surface area contributed by atoms with Crippen molar-refractivity contribution in [3.63, 3.8) is 0 Å². The number of hydrogen-bond donors (Lipinski definition) is 4. The van der Waals surface area contributed by atoms with E-state index in [-0.39, 0.29) is 12.4 Å². The summed E-state index contributed by atoms with van der Waals surface area (Å²) in [6.07, 6.45) is 8.91. The Hall–Kier alpha value is -8.19. The van der Waals surface area contributed by atoms with Gasteiger partial charge in [-0.1, -0.05) is 210 Å². The zero-order chi connectivity index (χ0) is 58.9. The van der Waals surface area contributed by atoms with Gasteiger partial charge in [0.1, 0.15) is 11.3 Å². The zero-order valence-electron chi connectivity index (χ0n) is 49.2. The van der Waals surface area contributed by atoms with Crippen molar-refractivity contribution in [2.75, 3.05) is 40.5 Å². The summed E-state index contributed by atoms with van der Waals surface area (Å²) < 4.78 is 34.0. The largest absolute Gasteiger partial charge is 0.394 e. The highest BCUT2D eigenvalue weighted by molar-refractivity contribution is 7.79. The van der Waals surface area contributed by atoms with E-state index in [2.05, 4.69) is 243 Å². The Bertz CT molecular complexity index is 3530. The lowest BCUT2D eigenvalue weighted by molar-refractivity contribution is 0.381. The molecule has 0 atom stereocenters. The lowest BCUT2D eigenvalue weighted by Gasteiger charge is -2.27. The monoisotopic (exact) mass is 1160 g/mol. The predicted molar refractivity (Wildman–Crippen MR) is 350 cm³/mol. The molecule has 0 radical (unpaired) electrons. The minimum atomic E-state index is -4.67. The predicted octanol–water partition coefficient (Wildman–Crippen LogP) is 15.3. The van der Waals surface area contributed by atoms with E-state index in [1.54, 1.807) is 0 Å². The van der Waals surface area contributed by atoms with Crippen molar-refractivity contribution < 1.29 is 17.5 Å². The van der Waals surface area contributed by atoms with E-state index in [0.717, 1.165) is 109 Å². The first kappa shape index (κ1) is 65.6. The average molecular weight is 1160 g/mol. The molecule has 9 aromatic rings. The quantitative estimate of drug-likeness (QED) is 0.0262. The van der Waals surface area contributed by atoms with Gasteiger partial charge in [0, 0.05) is 75.6 Å². The highest BCUT2D eigenvalue weighted by Crippen LogP contribution is 2.38. The highest BCUT2D eigenvalue weighted by Gasteiger charge is 2.23. The van der Waals surface area contributed by atoms with Gasteiger partial charge in [-0.25, -0.2) is 15.0 Å². The fourth-order valence-electron chi connectivity index (χ4n) is 9.20. The number of rotatable bonds is 19. The van der Waals surface area contributed by atoms with Gasteiger partial charge in [-0.2, -0.15) is 8.42 Å². The lowest BCUT2D eigenvalue weighted by Crippen LogP contribution is -2.25. The summed E-state index contributed by atoms with van der Waals surface area (Å²) in [6, 6.07) is 62.0. The molecule has 0 fully saturated rings. The van der Waals surface area contributed by atoms with E-state index in [4.69, 9.17) is 38.2 Å². The molecule has 15 heteroatoms. The smallest absolute Gasteiger partial charge is 0.394 e. The molecule has 0 saturated heterocycles. The first-order valence-corrected chi connectivity index (χ1v) is 29.5. The number of pyridine rings is 2. The van der Waals surface area contributed by atoms with Gasteiger partial charge < -0.3 is 30.3 Å². The van der Waals surface area contributed by atoms with Crippen LogP contribution in [-0.4, -0.2) is 61.6 Å². The van der Waals surface area contributed by atoms with Crippen LogP contribution < -0.4 is 20.9 Å². The minimum Gasteiger partial charge on any atom is -0.394 e. The molecule has 0 amide bonds. The molecule has 0 aliphatic rings. The van der Waals surface area contributed by atoms with Crippen LogP contribution in [-0.2, 0) is 49.5 Å². The fraction of sp³-hybridized carbons (Fsp3) is 0.279. The minimum absolute atomic E-state index is 0. The second-order valence-electron chi connectivity index (χ2n) is 20.5. The van der Waals surface area contributed by atoms with Crippen molar-refractivity contribution in [3.8, 4) is 12.0 Å². The van der Waals surface area contributed by atoms with Crippen LogP contribution in [0, 0.1) is 23.8 Å². The number of aromatic nitrogens is 4. The summed E-state index contributed by atoms with van der Waals surface area (Å²) in [5, 5.41) is 5.81. The third-order valence-corrected chi connectivity index (χ3v) is 13.0. The van der Waals surface area contributed by atoms with E-state index in [0.29, 0.717) is 17.5 Å². The van der Waals surface area contributed by atoms with Crippen LogP contribution in [0.1, 0.15) is 83.5 Å². The molecule has 3 aromatic heterocycles. The van der Waals surface area contributed by atoms with Crippen LogP contribution in [0.3, 0.4) is 0 Å². The van der Waals surface area contributed by atoms with Crippen LogP contribution in [0.2, 0.25) is 0 Å². The van der Waals surface area contributed by atoms with Gasteiger partial charge in [-0.05, 0) is 80.0 Å². The van der Waals surface area contributed by atoms with Gasteiger partial charge in [-0.15, -0.1) is 12.4 Å². The van der Waals surface area contributed by atoms with E-state index in [9.17, 15) is 0 Å². The molecule has 436 valence electrons. The number of hydrogen-bond acceptors (Lipinski definition) is 10. The van der Waals surface area contributed by atoms with Crippen LogP contribution in [0.25, 0.3) is 32.8 Å². The normalized spacial score (nSPS) is 11.0. The van der Waals surface area contributed by atoms with Gasteiger partial charge >= 0.3 is 10.4 Å². The summed E-state index contributed by atoms with van der Waals surface area (Å²) in [4.78, 5) is 22.2. The Labute approximate surface area is 499 Å². The summed E-state index contributed by atoms with van der Waals surface area (Å²) >= 11 is 0. The lowest BCUT2D eigenvalue weighted by atomic mass is 10.1. The molecule has 13 nitrogen and oxygen atoms in total. The number of benzene rings is 6. The molecule has 6 aromatic carbocycles. The number of allylic oxidation sites excluding steroid dienone is 4. The standard InChI is InChI=1S/C32H34N4.C27H30N4.C9H15N.ClH.H2O4S/c1-4-5-20-29-34-30-31(36(29)21-24(2)3)27-18-12-13-19-28(27)33-32(30)35(22-25-14-8-6-9-15-25)23-26-16-10-7-11-17-26;1-20(2)17-29-26-23-15-9-10-16-24(23)30-27(25(26)28)31(18-21-11-5-3-6-12-21)19-22-13-7-4-8-14-22;1-4-7-8-9-10(5-2)6-3;;1-5(2,3)4/h4-19,24H,20-23H2,1-3H3;3-16,20H,17-19,28H2,1-2H3,(H,29,30);4,7H,5-6H2,1-3H3;1H;(H2,1,2,3,4)/b5-4+;;;;. The second-order valence-corrected chi connectivity index (χ2v) is 21.4. The van der Waals surface area contributed by atoms with E-state index < -0.39 is 10.4 Å².